The number of anilines is 2. The van der Waals surface area contributed by atoms with Crippen molar-refractivity contribution in [1.82, 2.24) is 9.88 Å². The van der Waals surface area contributed by atoms with Crippen LogP contribution in [0.5, 0.6) is 5.88 Å². The molecule has 1 atom stereocenters. The normalized spacial score (nSPS) is 17.8. The van der Waals surface area contributed by atoms with Crippen molar-refractivity contribution in [3.8, 4) is 5.88 Å². The van der Waals surface area contributed by atoms with E-state index >= 15 is 0 Å². The number of sulfonamides is 1. The molecular formula is C22H23ClN4O8S. The van der Waals surface area contributed by atoms with Gasteiger partial charge in [-0.05, 0) is 45.0 Å². The average molecular weight is 539 g/mol. The first-order valence-corrected chi connectivity index (χ1v) is 12.6. The smallest absolute Gasteiger partial charge is 0.417 e. The number of imide groups is 1. The lowest BCUT2D eigenvalue weighted by molar-refractivity contribution is -0.126. The summed E-state index contributed by atoms with van der Waals surface area (Å²) in [7, 11) is -4.20. The number of hydrogen-bond donors (Lipinski definition) is 1. The summed E-state index contributed by atoms with van der Waals surface area (Å²) in [6, 6.07) is 7.07. The molecule has 0 radical (unpaired) electrons. The molecule has 2 aliphatic rings. The molecule has 2 aliphatic heterocycles. The van der Waals surface area contributed by atoms with Crippen LogP contribution in [0.4, 0.5) is 21.0 Å². The van der Waals surface area contributed by atoms with Gasteiger partial charge in [-0.15, -0.1) is 0 Å². The second kappa shape index (κ2) is 9.47. The molecule has 1 N–H and O–H groups in total. The van der Waals surface area contributed by atoms with Crippen LogP contribution in [-0.2, 0) is 24.3 Å². The van der Waals surface area contributed by atoms with Gasteiger partial charge in [-0.2, -0.15) is 0 Å². The van der Waals surface area contributed by atoms with Gasteiger partial charge in [0.25, 0.3) is 15.9 Å². The second-order valence-corrected chi connectivity index (χ2v) is 11.3. The topological polar surface area (TPSA) is 144 Å². The quantitative estimate of drug-likeness (QED) is 0.607. The number of carbonyl (C=O) groups is 3. The monoisotopic (exact) mass is 538 g/mol. The predicted molar refractivity (Wildman–Crippen MR) is 128 cm³/mol. The van der Waals surface area contributed by atoms with Crippen LogP contribution in [0, 0.1) is 0 Å². The van der Waals surface area contributed by atoms with Crippen LogP contribution in [0.1, 0.15) is 20.8 Å². The maximum Gasteiger partial charge on any atom is 0.417 e. The van der Waals surface area contributed by atoms with Crippen molar-refractivity contribution in [2.45, 2.75) is 37.4 Å². The van der Waals surface area contributed by atoms with Crippen molar-refractivity contribution < 1.29 is 37.0 Å². The molecule has 14 heteroatoms. The number of fused-ring (bicyclic) bond motifs is 1. The SMILES string of the molecule is CC(C)(C)OC(=O)Nc1cnc2c(c1)N(S(=O)(=O)c1cccc(Cl)c1)C[C@H](CN1C(=O)COC1=O)O2. The lowest BCUT2D eigenvalue weighted by Crippen LogP contribution is -2.49. The Morgan fingerprint density at radius 2 is 2.03 bits per heavy atom. The van der Waals surface area contributed by atoms with Crippen LogP contribution in [0.2, 0.25) is 5.02 Å². The van der Waals surface area contributed by atoms with E-state index in [2.05, 4.69) is 10.3 Å². The summed E-state index contributed by atoms with van der Waals surface area (Å²) in [5.41, 5.74) is -0.553. The number of hydrogen-bond acceptors (Lipinski definition) is 9. The van der Waals surface area contributed by atoms with E-state index in [0.29, 0.717) is 0 Å². The molecule has 1 fully saturated rings. The summed E-state index contributed by atoms with van der Waals surface area (Å²) >= 11 is 6.02. The van der Waals surface area contributed by atoms with Crippen molar-refractivity contribution in [2.75, 3.05) is 29.3 Å². The number of nitrogens with one attached hydrogen (secondary N) is 1. The molecule has 3 amide bonds. The number of aromatic nitrogens is 1. The number of rotatable bonds is 5. The van der Waals surface area contributed by atoms with E-state index in [0.717, 1.165) is 9.21 Å². The Labute approximate surface area is 212 Å². The summed E-state index contributed by atoms with van der Waals surface area (Å²) in [4.78, 5) is 41.0. The van der Waals surface area contributed by atoms with Crippen LogP contribution in [0.3, 0.4) is 0 Å². The first-order valence-electron chi connectivity index (χ1n) is 10.8. The van der Waals surface area contributed by atoms with Crippen LogP contribution >= 0.6 is 11.6 Å². The Kier molecular flexibility index (Phi) is 6.71. The summed E-state index contributed by atoms with van der Waals surface area (Å²) < 4.78 is 44.1. The molecule has 2 aromatic rings. The van der Waals surface area contributed by atoms with E-state index in [1.54, 1.807) is 20.8 Å². The van der Waals surface area contributed by atoms with E-state index in [9.17, 15) is 22.8 Å². The molecule has 12 nitrogen and oxygen atoms in total. The zero-order valence-corrected chi connectivity index (χ0v) is 21.1. The van der Waals surface area contributed by atoms with Crippen molar-refractivity contribution in [2.24, 2.45) is 0 Å². The van der Waals surface area contributed by atoms with Crippen molar-refractivity contribution >= 4 is 51.1 Å². The number of nitrogens with zero attached hydrogens (tertiary/aromatic N) is 3. The molecule has 1 saturated heterocycles. The molecule has 36 heavy (non-hydrogen) atoms. The number of cyclic esters (lactones) is 1. The van der Waals surface area contributed by atoms with Gasteiger partial charge in [-0.1, -0.05) is 17.7 Å². The van der Waals surface area contributed by atoms with Gasteiger partial charge in [0.15, 0.2) is 6.61 Å². The number of pyridine rings is 1. The molecule has 192 valence electrons. The van der Waals surface area contributed by atoms with Crippen molar-refractivity contribution in [1.29, 1.82) is 0 Å². The molecule has 0 unspecified atom stereocenters. The van der Waals surface area contributed by atoms with Gasteiger partial charge in [-0.25, -0.2) is 27.9 Å². The van der Waals surface area contributed by atoms with Crippen molar-refractivity contribution in [3.05, 3.63) is 41.6 Å². The lowest BCUT2D eigenvalue weighted by atomic mass is 10.2. The van der Waals surface area contributed by atoms with Gasteiger partial charge < -0.3 is 14.2 Å². The zero-order valence-electron chi connectivity index (χ0n) is 19.6. The Hall–Kier alpha value is -3.58. The predicted octanol–water partition coefficient (Wildman–Crippen LogP) is 3.02. The van der Waals surface area contributed by atoms with E-state index in [-0.39, 0.29) is 40.3 Å². The average Bonchev–Trinajstić information content (AvgIpc) is 3.09. The highest BCUT2D eigenvalue weighted by Crippen LogP contribution is 2.38. The minimum Gasteiger partial charge on any atom is -0.469 e. The van der Waals surface area contributed by atoms with Gasteiger partial charge >= 0.3 is 12.2 Å². The van der Waals surface area contributed by atoms with Gasteiger partial charge in [0.05, 0.1) is 29.9 Å². The Balaban J connectivity index is 1.70. The largest absolute Gasteiger partial charge is 0.469 e. The lowest BCUT2D eigenvalue weighted by Gasteiger charge is -2.35. The standard InChI is InChI=1S/C22H23ClN4O8S/c1-22(2,3)35-20(29)25-14-8-17-19(24-9-14)34-15(10-26-18(28)12-33-21(26)30)11-27(17)36(31,32)16-6-4-5-13(23)7-16/h4-9,15H,10-12H2,1-3H3,(H,25,29)/t15-/m0/s1. The fourth-order valence-corrected chi connectivity index (χ4v) is 5.30. The Morgan fingerprint density at radius 1 is 1.28 bits per heavy atom. The molecule has 1 aromatic carbocycles. The minimum absolute atomic E-state index is 0.0371. The molecule has 0 aliphatic carbocycles. The second-order valence-electron chi connectivity index (χ2n) is 8.97. The number of halogens is 1. The highest BCUT2D eigenvalue weighted by Gasteiger charge is 2.40. The maximum absolute atomic E-state index is 13.6. The number of amides is 3. The summed E-state index contributed by atoms with van der Waals surface area (Å²) in [6.07, 6.45) is -1.28. The van der Waals surface area contributed by atoms with Crippen LogP contribution < -0.4 is 14.4 Å². The Bertz CT molecular complexity index is 1310. The number of benzene rings is 1. The fourth-order valence-electron chi connectivity index (χ4n) is 3.52. The molecular weight excluding hydrogens is 516 g/mol. The molecule has 3 heterocycles. The third kappa shape index (κ3) is 5.46. The molecule has 0 bridgehead atoms. The van der Waals surface area contributed by atoms with Gasteiger partial charge in [-0.3, -0.25) is 14.4 Å². The minimum atomic E-state index is -4.20. The van der Waals surface area contributed by atoms with Crippen molar-refractivity contribution in [3.63, 3.8) is 0 Å². The Morgan fingerprint density at radius 3 is 2.67 bits per heavy atom. The fraction of sp³-hybridized carbons (Fsp3) is 0.364. The molecule has 4 rings (SSSR count). The highest BCUT2D eigenvalue weighted by molar-refractivity contribution is 7.92. The zero-order chi connectivity index (χ0) is 26.3. The van der Waals surface area contributed by atoms with Crippen LogP contribution in [0.25, 0.3) is 0 Å². The van der Waals surface area contributed by atoms with E-state index < -0.39 is 46.4 Å². The van der Waals surface area contributed by atoms with Crippen LogP contribution in [-0.4, -0.2) is 67.8 Å². The third-order valence-electron chi connectivity index (χ3n) is 5.00. The van der Waals surface area contributed by atoms with E-state index in [1.807, 2.05) is 0 Å². The summed E-state index contributed by atoms with van der Waals surface area (Å²) in [5.74, 6) is -0.643. The number of carbonyl (C=O) groups excluding carboxylic acids is 3. The van der Waals surface area contributed by atoms with Gasteiger partial charge in [0.2, 0.25) is 5.88 Å². The van der Waals surface area contributed by atoms with Gasteiger partial charge in [0, 0.05) is 5.02 Å². The van der Waals surface area contributed by atoms with E-state index in [1.165, 1.54) is 36.5 Å². The summed E-state index contributed by atoms with van der Waals surface area (Å²) in [5, 5.41) is 2.73. The molecule has 1 aromatic heterocycles. The first-order chi connectivity index (χ1) is 16.8. The maximum atomic E-state index is 13.6. The summed E-state index contributed by atoms with van der Waals surface area (Å²) in [6.45, 7) is 4.18. The first kappa shape index (κ1) is 25.5. The third-order valence-corrected chi connectivity index (χ3v) is 7.02. The van der Waals surface area contributed by atoms with E-state index in [4.69, 9.17) is 25.8 Å². The highest BCUT2D eigenvalue weighted by atomic mass is 35.5. The molecule has 0 saturated carbocycles. The molecule has 0 spiro atoms. The van der Waals surface area contributed by atoms with Gasteiger partial charge in [0.1, 0.15) is 17.4 Å². The number of ether oxygens (including phenoxy) is 3. The van der Waals surface area contributed by atoms with Crippen LogP contribution in [0.15, 0.2) is 41.4 Å².